The molecule has 5 heteroatoms. The summed E-state index contributed by atoms with van der Waals surface area (Å²) in [6, 6.07) is 12.1. The zero-order valence-corrected chi connectivity index (χ0v) is 12.9. The monoisotopic (exact) mass is 315 g/mol. The lowest BCUT2D eigenvalue weighted by atomic mass is 10.1. The second kappa shape index (κ2) is 5.30. The molecule has 4 rings (SSSR count). The van der Waals surface area contributed by atoms with Gasteiger partial charge in [-0.05, 0) is 29.6 Å². The van der Waals surface area contributed by atoms with Crippen molar-refractivity contribution in [2.24, 2.45) is 0 Å². The Balaban J connectivity index is 1.92. The first-order valence-corrected chi connectivity index (χ1v) is 8.20. The van der Waals surface area contributed by atoms with Gasteiger partial charge in [0.25, 0.3) is 0 Å². The highest BCUT2D eigenvalue weighted by atomic mass is 35.5. The minimum Gasteiger partial charge on any atom is -0.312 e. The lowest BCUT2D eigenvalue weighted by molar-refractivity contribution is 0.623. The first-order chi connectivity index (χ1) is 10.3. The van der Waals surface area contributed by atoms with E-state index < -0.39 is 0 Å². The predicted molar refractivity (Wildman–Crippen MR) is 87.3 cm³/mol. The molecule has 0 bridgehead atoms. The normalized spacial score (nSPS) is 14.1. The molecule has 0 aliphatic carbocycles. The van der Waals surface area contributed by atoms with Crippen molar-refractivity contribution in [1.82, 2.24) is 15.1 Å². The van der Waals surface area contributed by atoms with Crippen LogP contribution in [0.1, 0.15) is 11.3 Å². The largest absolute Gasteiger partial charge is 0.312 e. The highest BCUT2D eigenvalue weighted by molar-refractivity contribution is 7.13. The molecule has 0 atom stereocenters. The van der Waals surface area contributed by atoms with Gasteiger partial charge >= 0.3 is 0 Å². The van der Waals surface area contributed by atoms with Gasteiger partial charge < -0.3 is 5.32 Å². The van der Waals surface area contributed by atoms with Crippen LogP contribution in [0.2, 0.25) is 5.02 Å². The number of halogens is 1. The van der Waals surface area contributed by atoms with Crippen molar-refractivity contribution in [1.29, 1.82) is 0 Å². The molecule has 3 nitrogen and oxygen atoms in total. The molecule has 21 heavy (non-hydrogen) atoms. The van der Waals surface area contributed by atoms with E-state index in [2.05, 4.69) is 33.6 Å². The second-order valence-corrected chi connectivity index (χ2v) is 6.45. The van der Waals surface area contributed by atoms with Crippen LogP contribution < -0.4 is 5.32 Å². The van der Waals surface area contributed by atoms with Crippen molar-refractivity contribution in [3.8, 4) is 16.3 Å². The minimum absolute atomic E-state index is 0.739. The van der Waals surface area contributed by atoms with Crippen LogP contribution in [0, 0.1) is 0 Å². The molecule has 3 aromatic rings. The average molecular weight is 316 g/mol. The summed E-state index contributed by atoms with van der Waals surface area (Å²) >= 11 is 7.86. The van der Waals surface area contributed by atoms with E-state index in [1.807, 2.05) is 18.2 Å². The molecule has 0 spiro atoms. The van der Waals surface area contributed by atoms with Crippen molar-refractivity contribution < 1.29 is 0 Å². The molecule has 0 saturated carbocycles. The van der Waals surface area contributed by atoms with E-state index in [1.165, 1.54) is 16.1 Å². The van der Waals surface area contributed by atoms with Crippen LogP contribution in [0.3, 0.4) is 0 Å². The molecule has 2 aromatic heterocycles. The Labute approximate surface area is 132 Å². The quantitative estimate of drug-likeness (QED) is 0.777. The van der Waals surface area contributed by atoms with Gasteiger partial charge in [0.2, 0.25) is 0 Å². The van der Waals surface area contributed by atoms with Gasteiger partial charge in [0.15, 0.2) is 0 Å². The summed E-state index contributed by atoms with van der Waals surface area (Å²) in [7, 11) is 0. The molecule has 0 radical (unpaired) electrons. The Morgan fingerprint density at radius 1 is 1.24 bits per heavy atom. The number of rotatable bonds is 2. The van der Waals surface area contributed by atoms with E-state index in [0.717, 1.165) is 35.9 Å². The summed E-state index contributed by atoms with van der Waals surface area (Å²) in [5.74, 6) is 0. The first-order valence-electron chi connectivity index (χ1n) is 6.94. The van der Waals surface area contributed by atoms with Crippen LogP contribution in [0.5, 0.6) is 0 Å². The summed E-state index contributed by atoms with van der Waals surface area (Å²) in [4.78, 5) is 1.22. The van der Waals surface area contributed by atoms with Gasteiger partial charge in [0.05, 0.1) is 16.3 Å². The van der Waals surface area contributed by atoms with E-state index in [-0.39, 0.29) is 0 Å². The van der Waals surface area contributed by atoms with Gasteiger partial charge in [-0.25, -0.2) is 4.68 Å². The molecule has 1 aromatic carbocycles. The smallest absolute Gasteiger partial charge is 0.107 e. The number of nitrogens with zero attached hydrogens (tertiary/aromatic N) is 2. The van der Waals surface area contributed by atoms with E-state index in [4.69, 9.17) is 16.7 Å². The third-order valence-electron chi connectivity index (χ3n) is 3.74. The number of hydrogen-bond acceptors (Lipinski definition) is 3. The summed E-state index contributed by atoms with van der Waals surface area (Å²) in [5, 5.41) is 11.2. The maximum Gasteiger partial charge on any atom is 0.107 e. The van der Waals surface area contributed by atoms with E-state index in [1.54, 1.807) is 11.3 Å². The maximum absolute atomic E-state index is 6.13. The number of nitrogens with one attached hydrogen (secondary N) is 1. The third-order valence-corrected chi connectivity index (χ3v) is 4.85. The Kier molecular flexibility index (Phi) is 3.30. The van der Waals surface area contributed by atoms with Crippen LogP contribution in [0.25, 0.3) is 16.3 Å². The molecule has 1 N–H and O–H groups in total. The molecule has 0 amide bonds. The van der Waals surface area contributed by atoms with Gasteiger partial charge in [-0.15, -0.1) is 11.3 Å². The van der Waals surface area contributed by atoms with Crippen LogP contribution in [-0.2, 0) is 13.0 Å². The Morgan fingerprint density at radius 3 is 3.00 bits per heavy atom. The summed E-state index contributed by atoms with van der Waals surface area (Å²) < 4.78 is 2.05. The summed E-state index contributed by atoms with van der Waals surface area (Å²) in [5.41, 5.74) is 4.72. The van der Waals surface area contributed by atoms with Crippen molar-refractivity contribution in [3.05, 3.63) is 58.1 Å². The van der Waals surface area contributed by atoms with Gasteiger partial charge in [-0.2, -0.15) is 5.10 Å². The lowest BCUT2D eigenvalue weighted by Gasteiger charge is -2.15. The van der Waals surface area contributed by atoms with Gasteiger partial charge in [0.1, 0.15) is 5.69 Å². The average Bonchev–Trinajstić information content (AvgIpc) is 3.14. The second-order valence-electron chi connectivity index (χ2n) is 5.07. The van der Waals surface area contributed by atoms with Crippen molar-refractivity contribution >= 4 is 22.9 Å². The minimum atomic E-state index is 0.739. The fourth-order valence-corrected chi connectivity index (χ4v) is 3.70. The summed E-state index contributed by atoms with van der Waals surface area (Å²) in [6.45, 7) is 1.87. The lowest BCUT2D eigenvalue weighted by Crippen LogP contribution is -2.24. The fraction of sp³-hybridized carbons (Fsp3) is 0.188. The highest BCUT2D eigenvalue weighted by Crippen LogP contribution is 2.32. The molecule has 0 saturated heterocycles. The predicted octanol–water partition coefficient (Wildman–Crippen LogP) is 3.90. The molecule has 1 aliphatic heterocycles. The molecule has 0 fully saturated rings. The molecule has 3 heterocycles. The van der Waals surface area contributed by atoms with Crippen LogP contribution in [-0.4, -0.2) is 16.3 Å². The standard InChI is InChI=1S/C16H14ClN3S/c17-11-3-1-4-12(9-11)20-14-6-7-18-10-13(14)16(19-20)15-5-2-8-21-15/h1-5,8-9,18H,6-7,10H2. The van der Waals surface area contributed by atoms with Crippen molar-refractivity contribution in [3.63, 3.8) is 0 Å². The van der Waals surface area contributed by atoms with Gasteiger partial charge in [-0.3, -0.25) is 0 Å². The zero-order valence-electron chi connectivity index (χ0n) is 11.3. The molecular weight excluding hydrogens is 302 g/mol. The molecular formula is C16H14ClN3S. The summed E-state index contributed by atoms with van der Waals surface area (Å²) in [6.07, 6.45) is 0.986. The van der Waals surface area contributed by atoms with Crippen LogP contribution in [0.15, 0.2) is 41.8 Å². The SMILES string of the molecule is Clc1cccc(-n2nc(-c3cccs3)c3c2CCNC3)c1. The Morgan fingerprint density at radius 2 is 2.19 bits per heavy atom. The molecule has 0 unspecified atom stereocenters. The Bertz CT molecular complexity index is 777. The van der Waals surface area contributed by atoms with E-state index in [0.29, 0.717) is 0 Å². The Hall–Kier alpha value is -1.62. The fourth-order valence-electron chi connectivity index (χ4n) is 2.78. The maximum atomic E-state index is 6.13. The highest BCUT2D eigenvalue weighted by Gasteiger charge is 2.22. The number of hydrogen-bond donors (Lipinski definition) is 1. The third kappa shape index (κ3) is 2.29. The van der Waals surface area contributed by atoms with Crippen molar-refractivity contribution in [2.45, 2.75) is 13.0 Å². The molecule has 1 aliphatic rings. The number of benzene rings is 1. The molecule has 106 valence electrons. The number of thiophene rings is 1. The van der Waals surface area contributed by atoms with Crippen LogP contribution in [0.4, 0.5) is 0 Å². The van der Waals surface area contributed by atoms with Gasteiger partial charge in [0, 0.05) is 30.1 Å². The zero-order chi connectivity index (χ0) is 14.2. The first kappa shape index (κ1) is 13.1. The van der Waals surface area contributed by atoms with E-state index >= 15 is 0 Å². The number of aromatic nitrogens is 2. The van der Waals surface area contributed by atoms with E-state index in [9.17, 15) is 0 Å². The van der Waals surface area contributed by atoms with Crippen molar-refractivity contribution in [2.75, 3.05) is 6.54 Å². The number of fused-ring (bicyclic) bond motifs is 1. The van der Waals surface area contributed by atoms with Crippen LogP contribution >= 0.6 is 22.9 Å². The van der Waals surface area contributed by atoms with Gasteiger partial charge in [-0.1, -0.05) is 23.7 Å². The topological polar surface area (TPSA) is 29.9 Å².